The van der Waals surface area contributed by atoms with E-state index in [2.05, 4.69) is 5.32 Å². The second-order valence-electron chi connectivity index (χ2n) is 5.40. The average molecular weight is 332 g/mol. The highest BCUT2D eigenvalue weighted by molar-refractivity contribution is 6.31. The fraction of sp³-hybridized carbons (Fsp3) is 0.278. The third-order valence-corrected chi connectivity index (χ3v) is 4.17. The third-order valence-electron chi connectivity index (χ3n) is 3.93. The smallest absolute Gasteiger partial charge is 0.232 e. The second kappa shape index (κ2) is 6.50. The first-order valence-electron chi connectivity index (χ1n) is 7.52. The van der Waals surface area contributed by atoms with Gasteiger partial charge in [-0.2, -0.15) is 0 Å². The van der Waals surface area contributed by atoms with Crippen molar-refractivity contribution in [3.63, 3.8) is 0 Å². The molecule has 1 aliphatic heterocycles. The minimum Gasteiger partial charge on any atom is -0.493 e. The number of carbonyl (C=O) groups is 1. The van der Waals surface area contributed by atoms with Crippen LogP contribution >= 0.6 is 11.6 Å². The van der Waals surface area contributed by atoms with Gasteiger partial charge in [0.15, 0.2) is 11.5 Å². The first-order chi connectivity index (χ1) is 11.1. The molecule has 0 spiro atoms. The molecule has 0 unspecified atom stereocenters. The number of fused-ring (bicyclic) bond motifs is 1. The highest BCUT2D eigenvalue weighted by Gasteiger charge is 2.30. The van der Waals surface area contributed by atoms with Crippen LogP contribution < -0.4 is 14.8 Å². The summed E-state index contributed by atoms with van der Waals surface area (Å²) in [5.74, 6) is 1.13. The minimum atomic E-state index is -0.244. The summed E-state index contributed by atoms with van der Waals surface area (Å²) in [5.41, 5.74) is 2.79. The summed E-state index contributed by atoms with van der Waals surface area (Å²) in [6.07, 6.45) is 0.587. The quantitative estimate of drug-likeness (QED) is 0.900. The summed E-state index contributed by atoms with van der Waals surface area (Å²) >= 11 is 6.07. The number of hydrogen-bond acceptors (Lipinski definition) is 3. The van der Waals surface area contributed by atoms with Gasteiger partial charge < -0.3 is 14.8 Å². The molecule has 23 heavy (non-hydrogen) atoms. The van der Waals surface area contributed by atoms with Crippen LogP contribution in [0.25, 0.3) is 0 Å². The normalized spacial score (nSPS) is 16.0. The second-order valence-corrected chi connectivity index (χ2v) is 5.83. The van der Waals surface area contributed by atoms with Gasteiger partial charge in [0.05, 0.1) is 19.6 Å². The maximum absolute atomic E-state index is 12.3. The molecule has 2 aromatic carbocycles. The van der Waals surface area contributed by atoms with Crippen LogP contribution in [0.3, 0.4) is 0 Å². The molecule has 1 amide bonds. The van der Waals surface area contributed by atoms with Crippen LogP contribution in [-0.2, 0) is 11.2 Å². The predicted octanol–water partition coefficient (Wildman–Crippen LogP) is 4.03. The summed E-state index contributed by atoms with van der Waals surface area (Å²) in [6, 6.07) is 11.2. The van der Waals surface area contributed by atoms with Crippen LogP contribution in [0.4, 0.5) is 5.69 Å². The van der Waals surface area contributed by atoms with Crippen LogP contribution in [0.1, 0.15) is 24.0 Å². The molecule has 0 fully saturated rings. The fourth-order valence-corrected chi connectivity index (χ4v) is 3.03. The molecule has 1 N–H and O–H groups in total. The lowest BCUT2D eigenvalue weighted by atomic mass is 9.93. The molecule has 0 radical (unpaired) electrons. The van der Waals surface area contributed by atoms with E-state index < -0.39 is 0 Å². The Morgan fingerprint density at radius 3 is 2.74 bits per heavy atom. The van der Waals surface area contributed by atoms with Gasteiger partial charge in [0.1, 0.15) is 0 Å². The van der Waals surface area contributed by atoms with Gasteiger partial charge >= 0.3 is 0 Å². The molecule has 3 rings (SSSR count). The Kier molecular flexibility index (Phi) is 4.44. The van der Waals surface area contributed by atoms with Gasteiger partial charge in [0.25, 0.3) is 0 Å². The van der Waals surface area contributed by atoms with Gasteiger partial charge in [-0.05, 0) is 54.8 Å². The molecule has 0 aromatic heterocycles. The maximum atomic E-state index is 12.3. The largest absolute Gasteiger partial charge is 0.493 e. The number of halogens is 1. The number of carbonyl (C=O) groups excluding carboxylic acids is 1. The number of rotatable bonds is 5. The highest BCUT2D eigenvalue weighted by Crippen LogP contribution is 2.37. The fourth-order valence-electron chi connectivity index (χ4n) is 2.85. The third kappa shape index (κ3) is 3.13. The molecular formula is C18H18ClNO3. The van der Waals surface area contributed by atoms with Crippen molar-refractivity contribution in [2.24, 2.45) is 0 Å². The van der Waals surface area contributed by atoms with E-state index in [1.165, 1.54) is 0 Å². The van der Waals surface area contributed by atoms with Crippen LogP contribution in [0.15, 0.2) is 36.4 Å². The SMILES string of the molecule is CCOc1cc(C[C@H]2C(=O)Nc3ccc(Cl)cc32)ccc1OC. The Hall–Kier alpha value is -2.20. The van der Waals surface area contributed by atoms with Crippen LogP contribution in [-0.4, -0.2) is 19.6 Å². The van der Waals surface area contributed by atoms with Crippen molar-refractivity contribution in [2.75, 3.05) is 19.0 Å². The lowest BCUT2D eigenvalue weighted by Crippen LogP contribution is -2.14. The number of nitrogens with one attached hydrogen (secondary N) is 1. The van der Waals surface area contributed by atoms with E-state index in [-0.39, 0.29) is 11.8 Å². The number of benzene rings is 2. The van der Waals surface area contributed by atoms with Crippen LogP contribution in [0.2, 0.25) is 5.02 Å². The molecule has 0 saturated heterocycles. The predicted molar refractivity (Wildman–Crippen MR) is 90.7 cm³/mol. The van der Waals surface area contributed by atoms with Gasteiger partial charge in [0.2, 0.25) is 5.91 Å². The Morgan fingerprint density at radius 2 is 2.00 bits per heavy atom. The molecule has 5 heteroatoms. The first kappa shape index (κ1) is 15.7. The van der Waals surface area contributed by atoms with Gasteiger partial charge in [-0.1, -0.05) is 17.7 Å². The van der Waals surface area contributed by atoms with E-state index in [1.54, 1.807) is 13.2 Å². The molecule has 1 heterocycles. The monoisotopic (exact) mass is 331 g/mol. The zero-order valence-corrected chi connectivity index (χ0v) is 13.8. The number of anilines is 1. The molecule has 0 saturated carbocycles. The lowest BCUT2D eigenvalue weighted by molar-refractivity contribution is -0.117. The van der Waals surface area contributed by atoms with Crippen molar-refractivity contribution in [1.82, 2.24) is 0 Å². The van der Waals surface area contributed by atoms with Crippen LogP contribution in [0, 0.1) is 0 Å². The van der Waals surface area contributed by atoms with Gasteiger partial charge in [-0.25, -0.2) is 0 Å². The summed E-state index contributed by atoms with van der Waals surface area (Å²) < 4.78 is 10.9. The lowest BCUT2D eigenvalue weighted by Gasteiger charge is -2.13. The zero-order chi connectivity index (χ0) is 16.4. The molecule has 0 bridgehead atoms. The summed E-state index contributed by atoms with van der Waals surface area (Å²) in [5, 5.41) is 3.54. The summed E-state index contributed by atoms with van der Waals surface area (Å²) in [6.45, 7) is 2.48. The van der Waals surface area contributed by atoms with Gasteiger partial charge in [-0.3, -0.25) is 4.79 Å². The van der Waals surface area contributed by atoms with Crippen molar-refractivity contribution in [3.05, 3.63) is 52.5 Å². The van der Waals surface area contributed by atoms with E-state index >= 15 is 0 Å². The van der Waals surface area contributed by atoms with Crippen molar-refractivity contribution < 1.29 is 14.3 Å². The van der Waals surface area contributed by atoms with E-state index in [4.69, 9.17) is 21.1 Å². The number of ether oxygens (including phenoxy) is 2. The van der Waals surface area contributed by atoms with Crippen LogP contribution in [0.5, 0.6) is 11.5 Å². The van der Waals surface area contributed by atoms with Crippen molar-refractivity contribution in [2.45, 2.75) is 19.3 Å². The molecule has 120 valence electrons. The van der Waals surface area contributed by atoms with E-state index in [1.807, 2.05) is 37.3 Å². The van der Waals surface area contributed by atoms with Gasteiger partial charge in [0, 0.05) is 10.7 Å². The maximum Gasteiger partial charge on any atom is 0.232 e. The Labute approximate surface area is 140 Å². The minimum absolute atomic E-state index is 0.00366. The topological polar surface area (TPSA) is 47.6 Å². The highest BCUT2D eigenvalue weighted by atomic mass is 35.5. The first-order valence-corrected chi connectivity index (χ1v) is 7.90. The zero-order valence-electron chi connectivity index (χ0n) is 13.1. The van der Waals surface area contributed by atoms with E-state index in [9.17, 15) is 4.79 Å². The molecule has 1 atom stereocenters. The molecule has 2 aromatic rings. The molecular weight excluding hydrogens is 314 g/mol. The van der Waals surface area contributed by atoms with Crippen molar-refractivity contribution in [3.8, 4) is 11.5 Å². The summed E-state index contributed by atoms with van der Waals surface area (Å²) in [4.78, 5) is 12.3. The Morgan fingerprint density at radius 1 is 1.17 bits per heavy atom. The molecule has 0 aliphatic carbocycles. The summed E-state index contributed by atoms with van der Waals surface area (Å²) in [7, 11) is 1.61. The number of hydrogen-bond donors (Lipinski definition) is 1. The van der Waals surface area contributed by atoms with Crippen molar-refractivity contribution in [1.29, 1.82) is 0 Å². The standard InChI is InChI=1S/C18H18ClNO3/c1-3-23-17-9-11(4-7-16(17)22-2)8-14-13-10-12(19)5-6-15(13)20-18(14)21/h4-7,9-10,14H,3,8H2,1-2H3,(H,20,21)/t14-/m1/s1. The Bertz CT molecular complexity index is 745. The average Bonchev–Trinajstić information content (AvgIpc) is 2.84. The number of methoxy groups -OCH3 is 1. The Balaban J connectivity index is 1.89. The van der Waals surface area contributed by atoms with Crippen molar-refractivity contribution >= 4 is 23.2 Å². The van der Waals surface area contributed by atoms with E-state index in [0.717, 1.165) is 16.8 Å². The van der Waals surface area contributed by atoms with E-state index in [0.29, 0.717) is 29.5 Å². The molecule has 4 nitrogen and oxygen atoms in total. The number of amides is 1. The molecule has 1 aliphatic rings. The van der Waals surface area contributed by atoms with Gasteiger partial charge in [-0.15, -0.1) is 0 Å².